The zero-order valence-electron chi connectivity index (χ0n) is 6.76. The summed E-state index contributed by atoms with van der Waals surface area (Å²) in [6, 6.07) is 5.89. The molecule has 1 aromatic carbocycles. The highest BCUT2D eigenvalue weighted by atomic mass is 127. The third-order valence-electron chi connectivity index (χ3n) is 1.61. The van der Waals surface area contributed by atoms with Gasteiger partial charge in [0.05, 0.1) is 0 Å². The van der Waals surface area contributed by atoms with Gasteiger partial charge >= 0.3 is 5.97 Å². The summed E-state index contributed by atoms with van der Waals surface area (Å²) in [5, 5.41) is 8.49. The molecule has 0 heterocycles. The minimum absolute atomic E-state index is 0.188. The van der Waals surface area contributed by atoms with Gasteiger partial charge in [0.25, 0.3) is 0 Å². The van der Waals surface area contributed by atoms with E-state index in [9.17, 15) is 4.79 Å². The first-order chi connectivity index (χ1) is 6.09. The molecule has 0 spiro atoms. The maximum atomic E-state index is 10.3. The van der Waals surface area contributed by atoms with Crippen molar-refractivity contribution in [1.29, 1.82) is 0 Å². The summed E-state index contributed by atoms with van der Waals surface area (Å²) >= 11 is 5.62. The number of rotatable bonds is 3. The van der Waals surface area contributed by atoms with Crippen molar-refractivity contribution >= 4 is 44.5 Å². The van der Waals surface area contributed by atoms with Crippen molar-refractivity contribution in [3.05, 3.63) is 31.8 Å². The average Bonchev–Trinajstić information content (AvgIpc) is 2.07. The molecule has 0 unspecified atom stereocenters. The predicted molar refractivity (Wildman–Crippen MR) is 62.8 cm³/mol. The Morgan fingerprint density at radius 1 is 1.54 bits per heavy atom. The van der Waals surface area contributed by atoms with Gasteiger partial charge in [0.15, 0.2) is 0 Å². The van der Waals surface area contributed by atoms with E-state index in [0.717, 1.165) is 13.6 Å². The maximum absolute atomic E-state index is 10.3. The number of carboxylic acids is 1. The molecule has 0 saturated heterocycles. The van der Waals surface area contributed by atoms with Crippen molar-refractivity contribution < 1.29 is 9.90 Å². The molecule has 13 heavy (non-hydrogen) atoms. The first-order valence-electron chi connectivity index (χ1n) is 3.75. The number of aliphatic carboxylic acids is 1. The SMILES string of the molecule is O=C(O)CCc1ccc(I)c(Br)c1. The van der Waals surface area contributed by atoms with Crippen molar-refractivity contribution in [2.24, 2.45) is 0 Å². The summed E-state index contributed by atoms with van der Waals surface area (Å²) in [7, 11) is 0. The summed E-state index contributed by atoms with van der Waals surface area (Å²) in [6.07, 6.45) is 0.776. The van der Waals surface area contributed by atoms with E-state index in [-0.39, 0.29) is 6.42 Å². The van der Waals surface area contributed by atoms with Crippen molar-refractivity contribution in [2.45, 2.75) is 12.8 Å². The van der Waals surface area contributed by atoms with Gasteiger partial charge in [-0.2, -0.15) is 0 Å². The Kier molecular flexibility index (Phi) is 4.18. The zero-order chi connectivity index (χ0) is 9.84. The molecule has 0 fully saturated rings. The molecule has 0 aliphatic carbocycles. The van der Waals surface area contributed by atoms with Crippen molar-refractivity contribution in [2.75, 3.05) is 0 Å². The molecule has 0 aliphatic rings. The number of halogens is 2. The van der Waals surface area contributed by atoms with Gasteiger partial charge in [-0.3, -0.25) is 4.79 Å². The highest BCUT2D eigenvalue weighted by Crippen LogP contribution is 2.20. The first-order valence-corrected chi connectivity index (χ1v) is 5.62. The van der Waals surface area contributed by atoms with Gasteiger partial charge < -0.3 is 5.11 Å². The topological polar surface area (TPSA) is 37.3 Å². The molecule has 4 heteroatoms. The van der Waals surface area contributed by atoms with Crippen LogP contribution in [0.3, 0.4) is 0 Å². The smallest absolute Gasteiger partial charge is 0.303 e. The largest absolute Gasteiger partial charge is 0.481 e. The van der Waals surface area contributed by atoms with Gasteiger partial charge in [0, 0.05) is 14.5 Å². The van der Waals surface area contributed by atoms with Crippen LogP contribution in [-0.2, 0) is 11.2 Å². The highest BCUT2D eigenvalue weighted by molar-refractivity contribution is 14.1. The fourth-order valence-electron chi connectivity index (χ4n) is 0.946. The van der Waals surface area contributed by atoms with Crippen LogP contribution in [0.1, 0.15) is 12.0 Å². The zero-order valence-corrected chi connectivity index (χ0v) is 10.5. The Bertz CT molecular complexity index is 325. The molecule has 1 N–H and O–H groups in total. The Balaban J connectivity index is 2.68. The van der Waals surface area contributed by atoms with Crippen LogP contribution in [0.15, 0.2) is 22.7 Å². The average molecular weight is 355 g/mol. The number of hydrogen-bond acceptors (Lipinski definition) is 1. The van der Waals surface area contributed by atoms with Crippen LogP contribution < -0.4 is 0 Å². The molecule has 0 amide bonds. The Labute approximate surface area is 98.6 Å². The van der Waals surface area contributed by atoms with Crippen LogP contribution in [0.5, 0.6) is 0 Å². The predicted octanol–water partition coefficient (Wildman–Crippen LogP) is 3.07. The summed E-state index contributed by atoms with van der Waals surface area (Å²) in [5.74, 6) is -0.755. The quantitative estimate of drug-likeness (QED) is 0.847. The first kappa shape index (κ1) is 11.0. The molecule has 0 aliphatic heterocycles. The number of carboxylic acid groups (broad SMARTS) is 1. The van der Waals surface area contributed by atoms with Crippen LogP contribution in [0.25, 0.3) is 0 Å². The number of aryl methyl sites for hydroxylation is 1. The van der Waals surface area contributed by atoms with E-state index in [1.807, 2.05) is 18.2 Å². The molecule has 1 rings (SSSR count). The maximum Gasteiger partial charge on any atom is 0.303 e. The third-order valence-corrected chi connectivity index (χ3v) is 3.95. The van der Waals surface area contributed by atoms with Gasteiger partial charge in [-0.15, -0.1) is 0 Å². The summed E-state index contributed by atoms with van der Waals surface area (Å²) < 4.78 is 2.16. The number of carbonyl (C=O) groups is 1. The lowest BCUT2D eigenvalue weighted by atomic mass is 10.1. The van der Waals surface area contributed by atoms with E-state index in [1.165, 1.54) is 0 Å². The summed E-state index contributed by atoms with van der Waals surface area (Å²) in [6.45, 7) is 0. The van der Waals surface area contributed by atoms with Gasteiger partial charge in [-0.1, -0.05) is 6.07 Å². The standard InChI is InChI=1S/C9H8BrIO2/c10-7-5-6(1-3-8(7)11)2-4-9(12)13/h1,3,5H,2,4H2,(H,12,13). The molecule has 0 radical (unpaired) electrons. The second-order valence-corrected chi connectivity index (χ2v) is 4.66. The van der Waals surface area contributed by atoms with Crippen LogP contribution in [-0.4, -0.2) is 11.1 Å². The summed E-state index contributed by atoms with van der Waals surface area (Å²) in [4.78, 5) is 10.3. The molecular weight excluding hydrogens is 347 g/mol. The molecule has 1 aromatic rings. The van der Waals surface area contributed by atoms with Gasteiger partial charge in [0.1, 0.15) is 0 Å². The lowest BCUT2D eigenvalue weighted by molar-refractivity contribution is -0.136. The molecular formula is C9H8BrIO2. The monoisotopic (exact) mass is 354 g/mol. The second kappa shape index (κ2) is 4.95. The summed E-state index contributed by atoms with van der Waals surface area (Å²) in [5.41, 5.74) is 1.05. The molecule has 70 valence electrons. The minimum atomic E-state index is -0.755. The van der Waals surface area contributed by atoms with E-state index < -0.39 is 5.97 Å². The highest BCUT2D eigenvalue weighted by Gasteiger charge is 2.01. The van der Waals surface area contributed by atoms with Crippen LogP contribution in [0.4, 0.5) is 0 Å². The normalized spacial score (nSPS) is 10.0. The lowest BCUT2D eigenvalue weighted by Gasteiger charge is -2.01. The second-order valence-electron chi connectivity index (χ2n) is 2.64. The fourth-order valence-corrected chi connectivity index (χ4v) is 1.71. The lowest BCUT2D eigenvalue weighted by Crippen LogP contribution is -1.97. The van der Waals surface area contributed by atoms with Crippen molar-refractivity contribution in [1.82, 2.24) is 0 Å². The Morgan fingerprint density at radius 3 is 2.77 bits per heavy atom. The molecule has 2 nitrogen and oxygen atoms in total. The van der Waals surface area contributed by atoms with Crippen molar-refractivity contribution in [3.63, 3.8) is 0 Å². The van der Waals surface area contributed by atoms with Gasteiger partial charge in [0.2, 0.25) is 0 Å². The Hall–Kier alpha value is -0.100. The molecule has 0 atom stereocenters. The van der Waals surface area contributed by atoms with E-state index in [2.05, 4.69) is 38.5 Å². The number of hydrogen-bond donors (Lipinski definition) is 1. The molecule has 0 aromatic heterocycles. The van der Waals surface area contributed by atoms with Crippen molar-refractivity contribution in [3.8, 4) is 0 Å². The Morgan fingerprint density at radius 2 is 2.23 bits per heavy atom. The van der Waals surface area contributed by atoms with E-state index in [4.69, 9.17) is 5.11 Å². The van der Waals surface area contributed by atoms with Crippen LogP contribution in [0, 0.1) is 3.57 Å². The van der Waals surface area contributed by atoms with Crippen LogP contribution in [0.2, 0.25) is 0 Å². The van der Waals surface area contributed by atoms with E-state index in [0.29, 0.717) is 6.42 Å². The van der Waals surface area contributed by atoms with E-state index >= 15 is 0 Å². The molecule has 0 saturated carbocycles. The van der Waals surface area contributed by atoms with E-state index in [1.54, 1.807) is 0 Å². The van der Waals surface area contributed by atoms with Gasteiger partial charge in [-0.25, -0.2) is 0 Å². The third kappa shape index (κ3) is 3.64. The molecule has 0 bridgehead atoms. The minimum Gasteiger partial charge on any atom is -0.481 e. The van der Waals surface area contributed by atoms with Crippen LogP contribution >= 0.6 is 38.5 Å². The number of benzene rings is 1. The fraction of sp³-hybridized carbons (Fsp3) is 0.222. The van der Waals surface area contributed by atoms with Gasteiger partial charge in [-0.05, 0) is 62.6 Å².